The third-order valence-electron chi connectivity index (χ3n) is 8.66. The van der Waals surface area contributed by atoms with Crippen molar-refractivity contribution < 1.29 is 23.9 Å². The van der Waals surface area contributed by atoms with Crippen molar-refractivity contribution in [1.82, 2.24) is 10.1 Å². The molecule has 2 aliphatic heterocycles. The number of carboxylic acids is 1. The number of halogens is 2. The number of hydrogen-bond donors (Lipinski definition) is 1. The summed E-state index contributed by atoms with van der Waals surface area (Å²) in [5, 5.41) is 15.9. The molecule has 3 aliphatic rings. The topological polar surface area (TPSA) is 97.9 Å². The van der Waals surface area contributed by atoms with Crippen LogP contribution in [0.5, 0.6) is 5.75 Å². The molecule has 2 aromatic heterocycles. The molecule has 3 fully saturated rings. The molecule has 214 valence electrons. The van der Waals surface area contributed by atoms with Gasteiger partial charge in [-0.1, -0.05) is 52.7 Å². The van der Waals surface area contributed by atoms with Crippen molar-refractivity contribution in [3.63, 3.8) is 0 Å². The lowest BCUT2D eigenvalue weighted by Gasteiger charge is -2.39. The van der Waals surface area contributed by atoms with E-state index in [0.29, 0.717) is 51.0 Å². The van der Waals surface area contributed by atoms with Crippen LogP contribution in [0.2, 0.25) is 10.0 Å². The molecule has 41 heavy (non-hydrogen) atoms. The molecule has 1 aliphatic carbocycles. The highest BCUT2D eigenvalue weighted by Gasteiger charge is 2.47. The van der Waals surface area contributed by atoms with Crippen LogP contribution in [0.1, 0.15) is 66.6 Å². The summed E-state index contributed by atoms with van der Waals surface area (Å²) in [6, 6.07) is 9.22. The van der Waals surface area contributed by atoms with Crippen LogP contribution in [-0.4, -0.2) is 46.5 Å². The molecule has 2 saturated heterocycles. The van der Waals surface area contributed by atoms with Gasteiger partial charge in [0.25, 0.3) is 0 Å². The fourth-order valence-corrected chi connectivity index (χ4v) is 8.26. The predicted octanol–water partition coefficient (Wildman–Crippen LogP) is 7.80. The molecule has 4 heterocycles. The Hall–Kier alpha value is -2.85. The second kappa shape index (κ2) is 10.5. The minimum absolute atomic E-state index is 0.0743. The number of thiazole rings is 1. The maximum Gasteiger partial charge on any atom is 0.335 e. The number of fused-ring (bicyclic) bond motifs is 3. The largest absolute Gasteiger partial charge is 0.494 e. The van der Waals surface area contributed by atoms with Gasteiger partial charge in [0.15, 0.2) is 5.13 Å². The number of carboxylic acid groups (broad SMARTS) is 1. The van der Waals surface area contributed by atoms with Crippen LogP contribution >= 0.6 is 34.5 Å². The molecule has 11 heteroatoms. The van der Waals surface area contributed by atoms with E-state index in [1.54, 1.807) is 13.2 Å². The summed E-state index contributed by atoms with van der Waals surface area (Å²) in [7, 11) is 1.54. The first kappa shape index (κ1) is 27.0. The lowest BCUT2D eigenvalue weighted by atomic mass is 9.97. The normalized spacial score (nSPS) is 23.9. The highest BCUT2D eigenvalue weighted by molar-refractivity contribution is 7.22. The van der Waals surface area contributed by atoms with Gasteiger partial charge in [-0.3, -0.25) is 0 Å². The van der Waals surface area contributed by atoms with Crippen LogP contribution in [0.15, 0.2) is 34.9 Å². The third kappa shape index (κ3) is 4.76. The quantitative estimate of drug-likeness (QED) is 0.215. The Kier molecular flexibility index (Phi) is 6.89. The number of ether oxygens (including phenoxy) is 2. The minimum atomic E-state index is -0.982. The number of aromatic carboxylic acids is 1. The van der Waals surface area contributed by atoms with Crippen molar-refractivity contribution in [2.75, 3.05) is 12.0 Å². The Morgan fingerprint density at radius 2 is 1.98 bits per heavy atom. The Balaban J connectivity index is 1.13. The molecule has 7 rings (SSSR count). The van der Waals surface area contributed by atoms with E-state index < -0.39 is 5.97 Å². The average molecular weight is 615 g/mol. The molecule has 4 unspecified atom stereocenters. The fraction of sp³-hybridized carbons (Fsp3) is 0.433. The van der Waals surface area contributed by atoms with E-state index in [1.165, 1.54) is 17.4 Å². The van der Waals surface area contributed by atoms with Gasteiger partial charge in [0, 0.05) is 29.1 Å². The van der Waals surface area contributed by atoms with E-state index in [9.17, 15) is 9.90 Å². The van der Waals surface area contributed by atoms with Gasteiger partial charge in [-0.05, 0) is 62.3 Å². The van der Waals surface area contributed by atoms with Crippen LogP contribution in [0, 0.1) is 5.92 Å². The summed E-state index contributed by atoms with van der Waals surface area (Å²) in [6.07, 6.45) is 5.04. The van der Waals surface area contributed by atoms with Crippen molar-refractivity contribution in [1.29, 1.82) is 0 Å². The Morgan fingerprint density at radius 1 is 1.20 bits per heavy atom. The number of methoxy groups -OCH3 is 1. The maximum atomic E-state index is 11.6. The molecule has 8 nitrogen and oxygen atoms in total. The van der Waals surface area contributed by atoms with Crippen LogP contribution in [-0.2, 0) is 11.3 Å². The van der Waals surface area contributed by atoms with Gasteiger partial charge in [0.1, 0.15) is 22.7 Å². The average Bonchev–Trinajstić information content (AvgIpc) is 3.50. The number of benzene rings is 2. The number of anilines is 1. The zero-order valence-corrected chi connectivity index (χ0v) is 24.9. The number of nitrogens with zero attached hydrogens (tertiary/aromatic N) is 3. The summed E-state index contributed by atoms with van der Waals surface area (Å²) >= 11 is 14.6. The Bertz CT molecular complexity index is 1630. The van der Waals surface area contributed by atoms with Crippen molar-refractivity contribution in [3.05, 3.63) is 57.3 Å². The molecule has 2 bridgehead atoms. The van der Waals surface area contributed by atoms with E-state index in [0.717, 1.165) is 53.3 Å². The van der Waals surface area contributed by atoms with Crippen molar-refractivity contribution in [3.8, 4) is 17.0 Å². The van der Waals surface area contributed by atoms with E-state index >= 15 is 0 Å². The first-order valence-corrected chi connectivity index (χ1v) is 15.4. The molecular formula is C30H29Cl2N3O5S. The summed E-state index contributed by atoms with van der Waals surface area (Å²) in [5.74, 6) is 1.23. The highest BCUT2D eigenvalue weighted by Crippen LogP contribution is 2.48. The first-order valence-electron chi connectivity index (χ1n) is 13.9. The molecule has 0 radical (unpaired) electrons. The minimum Gasteiger partial charge on any atom is -0.494 e. The van der Waals surface area contributed by atoms with E-state index in [2.05, 4.69) is 17.0 Å². The molecule has 1 saturated carbocycles. The summed E-state index contributed by atoms with van der Waals surface area (Å²) < 4.78 is 18.8. The standard InChI is InChI=1S/C30H29Cl2N3O5S/c1-14-8-17-11-18(12-22(14)35(17)30-33-27-23(38-2)9-16(29(36)37)10-24(27)41-30)39-13-19-26(34-40-28(19)15-6-7-15)25-20(31)4-3-5-21(25)32/h3-5,9-10,14-15,17-18,22H,6-8,11-13H2,1-2H3,(H,36,37). The van der Waals surface area contributed by atoms with Gasteiger partial charge >= 0.3 is 5.97 Å². The van der Waals surface area contributed by atoms with Gasteiger partial charge in [-0.15, -0.1) is 0 Å². The van der Waals surface area contributed by atoms with Crippen LogP contribution in [0.25, 0.3) is 21.5 Å². The molecule has 4 atom stereocenters. The van der Waals surface area contributed by atoms with Crippen LogP contribution in [0.4, 0.5) is 5.13 Å². The molecular weight excluding hydrogens is 585 g/mol. The van der Waals surface area contributed by atoms with Crippen molar-refractivity contribution >= 4 is 55.9 Å². The van der Waals surface area contributed by atoms with Gasteiger partial charge in [-0.25, -0.2) is 9.78 Å². The van der Waals surface area contributed by atoms with Gasteiger partial charge in [0.05, 0.1) is 40.1 Å². The number of aromatic nitrogens is 2. The monoisotopic (exact) mass is 613 g/mol. The fourth-order valence-electron chi connectivity index (χ4n) is 6.53. The number of hydrogen-bond acceptors (Lipinski definition) is 8. The molecule has 4 aromatic rings. The summed E-state index contributed by atoms with van der Waals surface area (Å²) in [5.41, 5.74) is 3.20. The molecule has 0 spiro atoms. The first-order chi connectivity index (χ1) is 19.8. The smallest absolute Gasteiger partial charge is 0.335 e. The third-order valence-corrected chi connectivity index (χ3v) is 10.3. The van der Waals surface area contributed by atoms with Gasteiger partial charge in [0.2, 0.25) is 0 Å². The Morgan fingerprint density at radius 3 is 2.66 bits per heavy atom. The second-order valence-corrected chi connectivity index (χ2v) is 13.1. The Labute approximate surface area is 251 Å². The maximum absolute atomic E-state index is 11.6. The van der Waals surface area contributed by atoms with Gasteiger partial charge < -0.3 is 24.0 Å². The second-order valence-electron chi connectivity index (χ2n) is 11.3. The van der Waals surface area contributed by atoms with Gasteiger partial charge in [-0.2, -0.15) is 0 Å². The highest BCUT2D eigenvalue weighted by atomic mass is 35.5. The summed E-state index contributed by atoms with van der Waals surface area (Å²) in [4.78, 5) is 19.0. The zero-order valence-electron chi connectivity index (χ0n) is 22.6. The molecule has 1 N–H and O–H groups in total. The van der Waals surface area contributed by atoms with E-state index in [1.807, 2.05) is 18.2 Å². The number of carbonyl (C=O) groups is 1. The lowest BCUT2D eigenvalue weighted by Crippen LogP contribution is -2.46. The zero-order chi connectivity index (χ0) is 28.4. The number of piperidine rings is 1. The predicted molar refractivity (Wildman–Crippen MR) is 159 cm³/mol. The molecule has 0 amide bonds. The lowest BCUT2D eigenvalue weighted by molar-refractivity contribution is 0.0136. The van der Waals surface area contributed by atoms with E-state index in [4.69, 9.17) is 42.2 Å². The summed E-state index contributed by atoms with van der Waals surface area (Å²) in [6.45, 7) is 2.68. The van der Waals surface area contributed by atoms with Crippen LogP contribution in [0.3, 0.4) is 0 Å². The number of rotatable bonds is 8. The SMILES string of the molecule is COc1cc(C(=O)O)cc2sc(N3C4CC(OCc5c(-c6c(Cl)cccc6Cl)noc5C5CC5)CC3C(C)C4)nc12. The van der Waals surface area contributed by atoms with Crippen molar-refractivity contribution in [2.24, 2.45) is 5.92 Å². The van der Waals surface area contributed by atoms with Crippen molar-refractivity contribution in [2.45, 2.75) is 69.7 Å². The van der Waals surface area contributed by atoms with E-state index in [-0.39, 0.29) is 23.8 Å². The van der Waals surface area contributed by atoms with Crippen LogP contribution < -0.4 is 9.64 Å². The molecule has 2 aromatic carbocycles.